The Kier molecular flexibility index (Phi) is 4.29. The van der Waals surface area contributed by atoms with Crippen LogP contribution in [0.4, 0.5) is 14.5 Å². The molecule has 1 unspecified atom stereocenters. The van der Waals surface area contributed by atoms with Crippen molar-refractivity contribution in [2.24, 2.45) is 0 Å². The van der Waals surface area contributed by atoms with Crippen LogP contribution in [0.1, 0.15) is 16.8 Å². The first-order chi connectivity index (χ1) is 9.04. The third-order valence-corrected chi connectivity index (χ3v) is 4.46. The van der Waals surface area contributed by atoms with Crippen molar-refractivity contribution in [1.29, 1.82) is 0 Å². The van der Waals surface area contributed by atoms with Crippen LogP contribution in [0.15, 0.2) is 12.1 Å². The number of carbonyl (C=O) groups excluding carboxylic acids is 1. The van der Waals surface area contributed by atoms with Gasteiger partial charge < -0.3 is 10.2 Å². The van der Waals surface area contributed by atoms with E-state index in [0.29, 0.717) is 0 Å². The number of hydrogen-bond acceptors (Lipinski definition) is 3. The van der Waals surface area contributed by atoms with Crippen LogP contribution in [0.25, 0.3) is 0 Å². The standard InChI is InChI=1S/C13H16F2N2OS/c1-16-12-10(14)5-8(6-11(12)15)13(18)17(2)9-3-4-19-7-9/h5-6,9,16H,3-4,7H2,1-2H3. The van der Waals surface area contributed by atoms with E-state index in [1.54, 1.807) is 23.7 Å². The van der Waals surface area contributed by atoms with Gasteiger partial charge in [-0.2, -0.15) is 11.8 Å². The molecule has 1 N–H and O–H groups in total. The summed E-state index contributed by atoms with van der Waals surface area (Å²) < 4.78 is 27.3. The molecule has 0 spiro atoms. The molecule has 0 aromatic heterocycles. The number of nitrogens with zero attached hydrogens (tertiary/aromatic N) is 1. The van der Waals surface area contributed by atoms with E-state index in [2.05, 4.69) is 5.32 Å². The van der Waals surface area contributed by atoms with E-state index in [9.17, 15) is 13.6 Å². The van der Waals surface area contributed by atoms with Crippen LogP contribution in [0, 0.1) is 11.6 Å². The highest BCUT2D eigenvalue weighted by molar-refractivity contribution is 7.99. The van der Waals surface area contributed by atoms with Crippen LogP contribution in [-0.2, 0) is 0 Å². The molecule has 1 aromatic rings. The molecule has 1 amide bonds. The number of amides is 1. The predicted molar refractivity (Wildman–Crippen MR) is 73.7 cm³/mol. The number of hydrogen-bond donors (Lipinski definition) is 1. The highest BCUT2D eigenvalue weighted by Crippen LogP contribution is 2.25. The lowest BCUT2D eigenvalue weighted by molar-refractivity contribution is 0.0747. The van der Waals surface area contributed by atoms with Gasteiger partial charge in [-0.25, -0.2) is 8.78 Å². The van der Waals surface area contributed by atoms with E-state index in [1.165, 1.54) is 7.05 Å². The van der Waals surface area contributed by atoms with Crippen molar-refractivity contribution in [1.82, 2.24) is 4.90 Å². The SMILES string of the molecule is CNc1c(F)cc(C(=O)N(C)C2CCSC2)cc1F. The zero-order valence-electron chi connectivity index (χ0n) is 10.9. The maximum Gasteiger partial charge on any atom is 0.254 e. The molecule has 6 heteroatoms. The monoisotopic (exact) mass is 286 g/mol. The summed E-state index contributed by atoms with van der Waals surface area (Å²) >= 11 is 1.78. The third kappa shape index (κ3) is 2.83. The molecular formula is C13H16F2N2OS. The van der Waals surface area contributed by atoms with Gasteiger partial charge in [0.25, 0.3) is 5.91 Å². The molecule has 1 saturated heterocycles. The molecule has 3 nitrogen and oxygen atoms in total. The van der Waals surface area contributed by atoms with Gasteiger partial charge in [0.1, 0.15) is 17.3 Å². The number of benzene rings is 1. The highest BCUT2D eigenvalue weighted by atomic mass is 32.2. The molecule has 19 heavy (non-hydrogen) atoms. The van der Waals surface area contributed by atoms with E-state index in [-0.39, 0.29) is 23.2 Å². The minimum atomic E-state index is -0.750. The van der Waals surface area contributed by atoms with Crippen LogP contribution >= 0.6 is 11.8 Å². The van der Waals surface area contributed by atoms with Crippen molar-refractivity contribution in [2.45, 2.75) is 12.5 Å². The highest BCUT2D eigenvalue weighted by Gasteiger charge is 2.25. The van der Waals surface area contributed by atoms with Gasteiger partial charge in [-0.1, -0.05) is 0 Å². The number of carbonyl (C=O) groups is 1. The third-order valence-electron chi connectivity index (χ3n) is 3.31. The Morgan fingerprint density at radius 3 is 2.53 bits per heavy atom. The van der Waals surface area contributed by atoms with E-state index < -0.39 is 11.6 Å². The summed E-state index contributed by atoms with van der Waals surface area (Å²) in [5.74, 6) is 0.0546. The van der Waals surface area contributed by atoms with Gasteiger partial charge in [0.2, 0.25) is 0 Å². The zero-order valence-corrected chi connectivity index (χ0v) is 11.7. The van der Waals surface area contributed by atoms with E-state index in [1.807, 2.05) is 0 Å². The fraction of sp³-hybridized carbons (Fsp3) is 0.462. The van der Waals surface area contributed by atoms with Gasteiger partial charge in [-0.05, 0) is 24.3 Å². The number of halogens is 2. The second-order valence-corrected chi connectivity index (χ2v) is 5.65. The molecule has 1 fully saturated rings. The summed E-state index contributed by atoms with van der Waals surface area (Å²) in [5.41, 5.74) is -0.163. The lowest BCUT2D eigenvalue weighted by atomic mass is 10.1. The van der Waals surface area contributed by atoms with Gasteiger partial charge in [0.05, 0.1) is 0 Å². The molecule has 0 aliphatic carbocycles. The summed E-state index contributed by atoms with van der Waals surface area (Å²) in [7, 11) is 3.12. The van der Waals surface area contributed by atoms with Gasteiger partial charge >= 0.3 is 0 Å². The quantitative estimate of drug-likeness (QED) is 0.927. The molecule has 1 heterocycles. The molecule has 104 valence electrons. The number of anilines is 1. The number of thioether (sulfide) groups is 1. The Hall–Kier alpha value is -1.30. The summed E-state index contributed by atoms with van der Waals surface area (Å²) in [6.45, 7) is 0. The molecule has 1 aromatic carbocycles. The van der Waals surface area contributed by atoms with Gasteiger partial charge in [0, 0.05) is 31.5 Å². The first-order valence-corrected chi connectivity index (χ1v) is 7.21. The van der Waals surface area contributed by atoms with Crippen molar-refractivity contribution in [3.63, 3.8) is 0 Å². The average Bonchev–Trinajstić information content (AvgIpc) is 2.90. The predicted octanol–water partition coefficient (Wildman–Crippen LogP) is 2.58. The van der Waals surface area contributed by atoms with E-state index >= 15 is 0 Å². The second-order valence-electron chi connectivity index (χ2n) is 4.50. The summed E-state index contributed by atoms with van der Waals surface area (Å²) in [6.07, 6.45) is 0.923. The molecular weight excluding hydrogens is 270 g/mol. The van der Waals surface area contributed by atoms with Crippen molar-refractivity contribution in [2.75, 3.05) is 30.9 Å². The number of rotatable bonds is 3. The summed E-state index contributed by atoms with van der Waals surface area (Å²) in [6, 6.07) is 2.30. The van der Waals surface area contributed by atoms with Crippen LogP contribution in [-0.4, -0.2) is 42.4 Å². The maximum absolute atomic E-state index is 13.6. The zero-order chi connectivity index (χ0) is 14.0. The Morgan fingerprint density at radius 1 is 1.42 bits per heavy atom. The second kappa shape index (κ2) is 5.77. The Morgan fingerprint density at radius 2 is 2.05 bits per heavy atom. The summed E-state index contributed by atoms with van der Waals surface area (Å²) in [4.78, 5) is 13.8. The normalized spacial score (nSPS) is 18.4. The molecule has 0 saturated carbocycles. The Bertz CT molecular complexity index is 467. The topological polar surface area (TPSA) is 32.3 Å². The molecule has 1 aliphatic heterocycles. The maximum atomic E-state index is 13.6. The van der Waals surface area contributed by atoms with Crippen molar-refractivity contribution < 1.29 is 13.6 Å². The van der Waals surface area contributed by atoms with Gasteiger partial charge in [-0.15, -0.1) is 0 Å². The molecule has 1 atom stereocenters. The van der Waals surface area contributed by atoms with Crippen LogP contribution in [0.2, 0.25) is 0 Å². The molecule has 0 bridgehead atoms. The smallest absolute Gasteiger partial charge is 0.254 e. The van der Waals surface area contributed by atoms with Crippen molar-refractivity contribution >= 4 is 23.4 Å². The van der Waals surface area contributed by atoms with E-state index in [4.69, 9.17) is 0 Å². The fourth-order valence-corrected chi connectivity index (χ4v) is 3.40. The largest absolute Gasteiger partial charge is 0.383 e. The van der Waals surface area contributed by atoms with Gasteiger partial charge in [-0.3, -0.25) is 4.79 Å². The lowest BCUT2D eigenvalue weighted by Crippen LogP contribution is -2.37. The van der Waals surface area contributed by atoms with E-state index in [0.717, 1.165) is 30.1 Å². The first-order valence-electron chi connectivity index (χ1n) is 6.06. The van der Waals surface area contributed by atoms with Crippen molar-refractivity contribution in [3.8, 4) is 0 Å². The van der Waals surface area contributed by atoms with Crippen LogP contribution < -0.4 is 5.32 Å². The molecule has 0 radical (unpaired) electrons. The molecule has 1 aliphatic rings. The average molecular weight is 286 g/mol. The minimum Gasteiger partial charge on any atom is -0.383 e. The van der Waals surface area contributed by atoms with Gasteiger partial charge in [0.15, 0.2) is 0 Å². The van der Waals surface area contributed by atoms with Crippen molar-refractivity contribution in [3.05, 3.63) is 29.3 Å². The Labute approximate surface area is 115 Å². The fourth-order valence-electron chi connectivity index (χ4n) is 2.13. The number of nitrogens with one attached hydrogen (secondary N) is 1. The van der Waals surface area contributed by atoms with Crippen LogP contribution in [0.5, 0.6) is 0 Å². The Balaban J connectivity index is 2.23. The first kappa shape index (κ1) is 14.1. The van der Waals surface area contributed by atoms with Crippen LogP contribution in [0.3, 0.4) is 0 Å². The lowest BCUT2D eigenvalue weighted by Gasteiger charge is -2.24. The molecule has 2 rings (SSSR count). The minimum absolute atomic E-state index is 0.0494. The summed E-state index contributed by atoms with van der Waals surface area (Å²) in [5, 5.41) is 2.44.